The Morgan fingerprint density at radius 2 is 1.95 bits per heavy atom. The van der Waals surface area contributed by atoms with Crippen LogP contribution in [-0.2, 0) is 6.61 Å². The largest absolute Gasteiger partial charge is 0.485 e. The third kappa shape index (κ3) is 3.32. The Morgan fingerprint density at radius 3 is 2.53 bits per heavy atom. The topological polar surface area (TPSA) is 46.5 Å². The maximum Gasteiger partial charge on any atom is 0.335 e. The molecule has 2 aromatic rings. The molecule has 0 fully saturated rings. The van der Waals surface area contributed by atoms with Crippen LogP contribution in [0.4, 0.5) is 4.39 Å². The van der Waals surface area contributed by atoms with Crippen LogP contribution < -0.4 is 4.74 Å². The number of halogens is 2. The Morgan fingerprint density at radius 1 is 1.26 bits per heavy atom. The van der Waals surface area contributed by atoms with Gasteiger partial charge >= 0.3 is 5.97 Å². The molecule has 0 aliphatic carbocycles. The zero-order chi connectivity index (χ0) is 13.8. The first-order valence-electron chi connectivity index (χ1n) is 5.47. The Labute approximate surface area is 117 Å². The molecule has 0 aliphatic rings. The molecular weight excluding hydrogens is 315 g/mol. The van der Waals surface area contributed by atoms with Gasteiger partial charge in [0.1, 0.15) is 6.61 Å². The minimum atomic E-state index is -1.19. The monoisotopic (exact) mass is 324 g/mol. The molecule has 0 aliphatic heterocycles. The predicted octanol–water partition coefficient (Wildman–Crippen LogP) is 3.87. The smallest absolute Gasteiger partial charge is 0.335 e. The van der Waals surface area contributed by atoms with E-state index in [1.807, 2.05) is 30.3 Å². The van der Waals surface area contributed by atoms with Crippen molar-refractivity contribution in [2.75, 3.05) is 0 Å². The Bertz CT molecular complexity index is 576. The van der Waals surface area contributed by atoms with Crippen LogP contribution in [-0.4, -0.2) is 11.1 Å². The molecule has 2 rings (SSSR count). The quantitative estimate of drug-likeness (QED) is 0.928. The molecule has 0 aromatic heterocycles. The number of carboxylic acid groups (broad SMARTS) is 1. The summed E-state index contributed by atoms with van der Waals surface area (Å²) in [5.74, 6) is -1.88. The van der Waals surface area contributed by atoms with E-state index in [1.54, 1.807) is 0 Å². The Hall–Kier alpha value is -1.88. The van der Waals surface area contributed by atoms with E-state index in [2.05, 4.69) is 15.9 Å². The maximum atomic E-state index is 13.8. The average molecular weight is 325 g/mol. The summed E-state index contributed by atoms with van der Waals surface area (Å²) in [6.45, 7) is 0.211. The molecule has 19 heavy (non-hydrogen) atoms. The number of ether oxygens (including phenoxy) is 1. The van der Waals surface area contributed by atoms with E-state index in [-0.39, 0.29) is 22.4 Å². The maximum absolute atomic E-state index is 13.8. The van der Waals surface area contributed by atoms with E-state index in [9.17, 15) is 9.18 Å². The Balaban J connectivity index is 2.19. The average Bonchev–Trinajstić information content (AvgIpc) is 2.38. The summed E-state index contributed by atoms with van der Waals surface area (Å²) in [6, 6.07) is 11.6. The van der Waals surface area contributed by atoms with Crippen LogP contribution in [0.15, 0.2) is 46.9 Å². The fourth-order valence-electron chi connectivity index (χ4n) is 1.55. The molecule has 5 heteroatoms. The van der Waals surface area contributed by atoms with Gasteiger partial charge in [-0.15, -0.1) is 0 Å². The van der Waals surface area contributed by atoms with E-state index < -0.39 is 11.8 Å². The lowest BCUT2D eigenvalue weighted by Gasteiger charge is -2.10. The molecule has 98 valence electrons. The number of rotatable bonds is 4. The highest BCUT2D eigenvalue weighted by atomic mass is 79.9. The number of carbonyl (C=O) groups is 1. The zero-order valence-electron chi connectivity index (χ0n) is 9.77. The van der Waals surface area contributed by atoms with Crippen LogP contribution in [0.2, 0.25) is 0 Å². The second-order valence-corrected chi connectivity index (χ2v) is 4.70. The number of benzene rings is 2. The van der Waals surface area contributed by atoms with E-state index in [4.69, 9.17) is 9.84 Å². The van der Waals surface area contributed by atoms with Gasteiger partial charge in [-0.25, -0.2) is 9.18 Å². The highest BCUT2D eigenvalue weighted by Gasteiger charge is 2.14. The van der Waals surface area contributed by atoms with Crippen molar-refractivity contribution >= 4 is 21.9 Å². The molecule has 0 saturated heterocycles. The van der Waals surface area contributed by atoms with Crippen LogP contribution >= 0.6 is 15.9 Å². The van der Waals surface area contributed by atoms with Gasteiger partial charge in [0.25, 0.3) is 0 Å². The van der Waals surface area contributed by atoms with Crippen LogP contribution in [0, 0.1) is 5.82 Å². The van der Waals surface area contributed by atoms with Crippen molar-refractivity contribution in [3.63, 3.8) is 0 Å². The summed E-state index contributed by atoms with van der Waals surface area (Å²) in [4.78, 5) is 10.8. The number of aromatic carboxylic acids is 1. The van der Waals surface area contributed by atoms with Crippen LogP contribution in [0.3, 0.4) is 0 Å². The van der Waals surface area contributed by atoms with Gasteiger partial charge in [0.15, 0.2) is 11.6 Å². The van der Waals surface area contributed by atoms with Gasteiger partial charge < -0.3 is 9.84 Å². The Kier molecular flexibility index (Phi) is 4.16. The van der Waals surface area contributed by atoms with Gasteiger partial charge in [-0.1, -0.05) is 30.3 Å². The van der Waals surface area contributed by atoms with E-state index in [0.717, 1.165) is 11.6 Å². The fourth-order valence-corrected chi connectivity index (χ4v) is 2.10. The lowest BCUT2D eigenvalue weighted by Crippen LogP contribution is -2.02. The van der Waals surface area contributed by atoms with Crippen molar-refractivity contribution in [3.05, 3.63) is 63.9 Å². The van der Waals surface area contributed by atoms with Gasteiger partial charge in [0, 0.05) is 0 Å². The molecule has 0 saturated carbocycles. The molecule has 0 spiro atoms. The summed E-state index contributed by atoms with van der Waals surface area (Å²) in [6.07, 6.45) is 0. The molecule has 0 amide bonds. The second kappa shape index (κ2) is 5.84. The molecule has 0 atom stereocenters. The molecule has 2 aromatic carbocycles. The molecule has 1 N–H and O–H groups in total. The first-order chi connectivity index (χ1) is 9.08. The summed E-state index contributed by atoms with van der Waals surface area (Å²) < 4.78 is 19.4. The van der Waals surface area contributed by atoms with Gasteiger partial charge in [-0.3, -0.25) is 0 Å². The van der Waals surface area contributed by atoms with E-state index >= 15 is 0 Å². The van der Waals surface area contributed by atoms with Crippen LogP contribution in [0.25, 0.3) is 0 Å². The summed E-state index contributed by atoms with van der Waals surface area (Å²) in [5, 5.41) is 8.80. The molecular formula is C14H10BrFO3. The molecule has 0 bridgehead atoms. The molecule has 0 radical (unpaired) electrons. The number of hydrogen-bond acceptors (Lipinski definition) is 2. The second-order valence-electron chi connectivity index (χ2n) is 3.85. The van der Waals surface area contributed by atoms with E-state index in [1.165, 1.54) is 6.07 Å². The van der Waals surface area contributed by atoms with Crippen molar-refractivity contribution in [3.8, 4) is 5.75 Å². The van der Waals surface area contributed by atoms with Gasteiger partial charge in [-0.05, 0) is 33.6 Å². The predicted molar refractivity (Wildman–Crippen MR) is 71.8 cm³/mol. The first kappa shape index (κ1) is 13.5. The standard InChI is InChI=1S/C14H10BrFO3/c15-11-6-10(14(17)18)7-12(16)13(11)19-8-9-4-2-1-3-5-9/h1-7H,8H2,(H,17,18). The SMILES string of the molecule is O=C(O)c1cc(F)c(OCc2ccccc2)c(Br)c1. The lowest BCUT2D eigenvalue weighted by atomic mass is 10.2. The third-order valence-electron chi connectivity index (χ3n) is 2.47. The molecule has 3 nitrogen and oxygen atoms in total. The minimum Gasteiger partial charge on any atom is -0.485 e. The number of carboxylic acids is 1. The normalized spacial score (nSPS) is 10.2. The van der Waals surface area contributed by atoms with Gasteiger partial charge in [-0.2, -0.15) is 0 Å². The minimum absolute atomic E-state index is 0.00820. The highest BCUT2D eigenvalue weighted by Crippen LogP contribution is 2.30. The zero-order valence-corrected chi connectivity index (χ0v) is 11.4. The van der Waals surface area contributed by atoms with Crippen molar-refractivity contribution in [1.29, 1.82) is 0 Å². The van der Waals surface area contributed by atoms with Crippen molar-refractivity contribution in [2.24, 2.45) is 0 Å². The summed E-state index contributed by atoms with van der Waals surface area (Å²) >= 11 is 3.11. The van der Waals surface area contributed by atoms with E-state index in [0.29, 0.717) is 0 Å². The van der Waals surface area contributed by atoms with Crippen molar-refractivity contribution < 1.29 is 19.0 Å². The molecule has 0 heterocycles. The van der Waals surface area contributed by atoms with Crippen molar-refractivity contribution in [1.82, 2.24) is 0 Å². The fraction of sp³-hybridized carbons (Fsp3) is 0.0714. The lowest BCUT2D eigenvalue weighted by molar-refractivity contribution is 0.0696. The highest BCUT2D eigenvalue weighted by molar-refractivity contribution is 9.10. The third-order valence-corrected chi connectivity index (χ3v) is 3.06. The van der Waals surface area contributed by atoms with Crippen molar-refractivity contribution in [2.45, 2.75) is 6.61 Å². The van der Waals surface area contributed by atoms with Crippen LogP contribution in [0.5, 0.6) is 5.75 Å². The first-order valence-corrected chi connectivity index (χ1v) is 6.26. The summed E-state index contributed by atoms with van der Waals surface area (Å²) in [5.41, 5.74) is 0.771. The number of hydrogen-bond donors (Lipinski definition) is 1. The van der Waals surface area contributed by atoms with Gasteiger partial charge in [0.05, 0.1) is 10.0 Å². The summed E-state index contributed by atoms with van der Waals surface area (Å²) in [7, 11) is 0. The van der Waals surface area contributed by atoms with Gasteiger partial charge in [0.2, 0.25) is 0 Å². The molecule has 0 unspecified atom stereocenters. The van der Waals surface area contributed by atoms with Crippen LogP contribution in [0.1, 0.15) is 15.9 Å².